The Balaban J connectivity index is 1.83. The highest BCUT2D eigenvalue weighted by atomic mass is 16.4. The molecule has 2 heterocycles. The highest BCUT2D eigenvalue weighted by Gasteiger charge is 2.40. The number of piperidine rings is 1. The molecule has 5 nitrogen and oxygen atoms in total. The first kappa shape index (κ1) is 16.5. The number of oxazole rings is 1. The normalized spacial score (nSPS) is 32.1. The van der Waals surface area contributed by atoms with Gasteiger partial charge in [0.25, 0.3) is 5.91 Å². The highest BCUT2D eigenvalue weighted by molar-refractivity contribution is 5.93. The molecule has 1 aliphatic heterocycles. The summed E-state index contributed by atoms with van der Waals surface area (Å²) in [5, 5.41) is 10.5. The first-order valence-electron chi connectivity index (χ1n) is 8.90. The highest BCUT2D eigenvalue weighted by Crippen LogP contribution is 2.37. The van der Waals surface area contributed by atoms with Gasteiger partial charge in [-0.1, -0.05) is 6.92 Å². The smallest absolute Gasteiger partial charge is 0.276 e. The van der Waals surface area contributed by atoms with Gasteiger partial charge < -0.3 is 14.4 Å². The van der Waals surface area contributed by atoms with Gasteiger partial charge in [-0.05, 0) is 51.4 Å². The van der Waals surface area contributed by atoms with Crippen LogP contribution >= 0.6 is 0 Å². The SMILES string of the molecule is Cc1nc(C(=O)N2CCCC[C@@H]2[C@@H]2C[C@H](C)CC[C@@H]2O)c(C)o1. The number of carbonyl (C=O) groups excluding carboxylic acids is 1. The van der Waals surface area contributed by atoms with E-state index in [0.717, 1.165) is 45.1 Å². The van der Waals surface area contributed by atoms with Gasteiger partial charge in [-0.3, -0.25) is 4.79 Å². The van der Waals surface area contributed by atoms with E-state index in [1.54, 1.807) is 13.8 Å². The second kappa shape index (κ2) is 6.63. The zero-order valence-corrected chi connectivity index (χ0v) is 14.4. The van der Waals surface area contributed by atoms with E-state index in [-0.39, 0.29) is 24.0 Å². The van der Waals surface area contributed by atoms with Gasteiger partial charge in [-0.15, -0.1) is 0 Å². The first-order chi connectivity index (χ1) is 11.0. The molecule has 0 spiro atoms. The van der Waals surface area contributed by atoms with E-state index in [2.05, 4.69) is 11.9 Å². The number of likely N-dealkylation sites (tertiary alicyclic amines) is 1. The second-order valence-corrected chi connectivity index (χ2v) is 7.35. The fraction of sp³-hybridized carbons (Fsp3) is 0.778. The first-order valence-corrected chi connectivity index (χ1v) is 8.90. The third-order valence-corrected chi connectivity index (χ3v) is 5.53. The van der Waals surface area contributed by atoms with Gasteiger partial charge in [-0.25, -0.2) is 4.98 Å². The lowest BCUT2D eigenvalue weighted by molar-refractivity contribution is -0.0123. The molecule has 1 aromatic heterocycles. The molecule has 1 aromatic rings. The van der Waals surface area contributed by atoms with E-state index in [0.29, 0.717) is 23.3 Å². The van der Waals surface area contributed by atoms with Crippen LogP contribution in [0.25, 0.3) is 0 Å². The summed E-state index contributed by atoms with van der Waals surface area (Å²) >= 11 is 0. The van der Waals surface area contributed by atoms with Crippen molar-refractivity contribution in [3.63, 3.8) is 0 Å². The summed E-state index contributed by atoms with van der Waals surface area (Å²) < 4.78 is 5.44. The van der Waals surface area contributed by atoms with Crippen LogP contribution in [0.4, 0.5) is 0 Å². The third kappa shape index (κ3) is 3.30. The lowest BCUT2D eigenvalue weighted by Crippen LogP contribution is -2.52. The maximum Gasteiger partial charge on any atom is 0.276 e. The van der Waals surface area contributed by atoms with Crippen molar-refractivity contribution in [2.24, 2.45) is 11.8 Å². The Labute approximate surface area is 138 Å². The van der Waals surface area contributed by atoms with Crippen molar-refractivity contribution < 1.29 is 14.3 Å². The summed E-state index contributed by atoms with van der Waals surface area (Å²) in [7, 11) is 0. The lowest BCUT2D eigenvalue weighted by atomic mass is 9.74. The van der Waals surface area contributed by atoms with E-state index in [4.69, 9.17) is 4.42 Å². The maximum absolute atomic E-state index is 13.0. The largest absolute Gasteiger partial charge is 0.445 e. The van der Waals surface area contributed by atoms with Gasteiger partial charge >= 0.3 is 0 Å². The molecule has 0 radical (unpaired) electrons. The zero-order chi connectivity index (χ0) is 16.6. The molecule has 1 saturated carbocycles. The number of rotatable bonds is 2. The number of aryl methyl sites for hydroxylation is 2. The molecule has 0 aromatic carbocycles. The van der Waals surface area contributed by atoms with Gasteiger partial charge in [0.1, 0.15) is 5.76 Å². The molecule has 23 heavy (non-hydrogen) atoms. The second-order valence-electron chi connectivity index (χ2n) is 7.35. The molecular weight excluding hydrogens is 292 g/mol. The summed E-state index contributed by atoms with van der Waals surface area (Å²) in [6.07, 6.45) is 5.79. The Bertz CT molecular complexity index is 569. The van der Waals surface area contributed by atoms with Crippen molar-refractivity contribution in [1.29, 1.82) is 0 Å². The zero-order valence-electron chi connectivity index (χ0n) is 14.4. The predicted molar refractivity (Wildman–Crippen MR) is 87.2 cm³/mol. The van der Waals surface area contributed by atoms with Crippen LogP contribution in [0.1, 0.15) is 67.6 Å². The molecule has 0 bridgehead atoms. The molecule has 2 aliphatic rings. The molecule has 1 N–H and O–H groups in total. The van der Waals surface area contributed by atoms with Crippen LogP contribution in [0.15, 0.2) is 4.42 Å². The Morgan fingerprint density at radius 1 is 1.26 bits per heavy atom. The number of aliphatic hydroxyl groups is 1. The lowest BCUT2D eigenvalue weighted by Gasteiger charge is -2.44. The number of aliphatic hydroxyl groups excluding tert-OH is 1. The number of aromatic nitrogens is 1. The molecule has 4 atom stereocenters. The maximum atomic E-state index is 13.0. The predicted octanol–water partition coefficient (Wildman–Crippen LogP) is 3.08. The Hall–Kier alpha value is -1.36. The number of carbonyl (C=O) groups is 1. The van der Waals surface area contributed by atoms with Crippen molar-refractivity contribution >= 4 is 5.91 Å². The Kier molecular flexibility index (Phi) is 4.76. The van der Waals surface area contributed by atoms with Crippen LogP contribution in [-0.2, 0) is 0 Å². The van der Waals surface area contributed by atoms with Gasteiger partial charge in [0.05, 0.1) is 6.10 Å². The summed E-state index contributed by atoms with van der Waals surface area (Å²) in [6.45, 7) is 6.57. The average molecular weight is 320 g/mol. The molecule has 3 rings (SSSR count). The van der Waals surface area contributed by atoms with Gasteiger partial charge in [0.15, 0.2) is 11.6 Å². The van der Waals surface area contributed by atoms with Crippen molar-refractivity contribution in [1.82, 2.24) is 9.88 Å². The molecule has 2 fully saturated rings. The van der Waals surface area contributed by atoms with Crippen molar-refractivity contribution in [2.45, 2.75) is 71.4 Å². The molecule has 128 valence electrons. The Morgan fingerprint density at radius 3 is 2.74 bits per heavy atom. The third-order valence-electron chi connectivity index (χ3n) is 5.53. The minimum Gasteiger partial charge on any atom is -0.445 e. The van der Waals surface area contributed by atoms with E-state index in [1.807, 2.05) is 4.90 Å². The Morgan fingerprint density at radius 2 is 2.04 bits per heavy atom. The van der Waals surface area contributed by atoms with Crippen LogP contribution < -0.4 is 0 Å². The number of nitrogens with zero attached hydrogens (tertiary/aromatic N) is 2. The minimum absolute atomic E-state index is 0.0329. The van der Waals surface area contributed by atoms with E-state index in [1.165, 1.54) is 0 Å². The summed E-state index contributed by atoms with van der Waals surface area (Å²) in [5.41, 5.74) is 0.438. The molecule has 5 heteroatoms. The van der Waals surface area contributed by atoms with E-state index < -0.39 is 0 Å². The average Bonchev–Trinajstić information content (AvgIpc) is 2.87. The topological polar surface area (TPSA) is 66.6 Å². The number of hydrogen-bond donors (Lipinski definition) is 1. The van der Waals surface area contributed by atoms with Crippen LogP contribution in [-0.4, -0.2) is 39.6 Å². The molecule has 0 unspecified atom stereocenters. The van der Waals surface area contributed by atoms with Crippen LogP contribution in [0.3, 0.4) is 0 Å². The van der Waals surface area contributed by atoms with Crippen LogP contribution in [0.2, 0.25) is 0 Å². The van der Waals surface area contributed by atoms with Crippen LogP contribution in [0.5, 0.6) is 0 Å². The van der Waals surface area contributed by atoms with Crippen molar-refractivity contribution in [2.75, 3.05) is 6.54 Å². The summed E-state index contributed by atoms with van der Waals surface area (Å²) in [5.74, 6) is 1.91. The number of hydrogen-bond acceptors (Lipinski definition) is 4. The minimum atomic E-state index is -0.287. The molecular formula is C18H28N2O3. The fourth-order valence-electron chi connectivity index (χ4n) is 4.34. The van der Waals surface area contributed by atoms with E-state index in [9.17, 15) is 9.90 Å². The van der Waals surface area contributed by atoms with Gasteiger partial charge in [-0.2, -0.15) is 0 Å². The summed E-state index contributed by atoms with van der Waals surface area (Å²) in [4.78, 5) is 19.2. The summed E-state index contributed by atoms with van der Waals surface area (Å²) in [6, 6.07) is 0.130. The van der Waals surface area contributed by atoms with Crippen molar-refractivity contribution in [3.8, 4) is 0 Å². The van der Waals surface area contributed by atoms with Gasteiger partial charge in [0.2, 0.25) is 0 Å². The quantitative estimate of drug-likeness (QED) is 0.909. The molecule has 1 amide bonds. The van der Waals surface area contributed by atoms with Gasteiger partial charge in [0, 0.05) is 25.4 Å². The van der Waals surface area contributed by atoms with Crippen LogP contribution in [0, 0.1) is 25.7 Å². The number of amides is 1. The monoisotopic (exact) mass is 320 g/mol. The van der Waals surface area contributed by atoms with Crippen molar-refractivity contribution in [3.05, 3.63) is 17.3 Å². The standard InChI is InChI=1S/C18H28N2O3/c1-11-7-8-16(21)14(10-11)15-6-4-5-9-20(15)18(22)17-12(2)23-13(3)19-17/h11,14-16,21H,4-10H2,1-3H3/t11-,14+,15-,16+/m1/s1. The molecule has 1 aliphatic carbocycles. The fourth-order valence-corrected chi connectivity index (χ4v) is 4.34. The van der Waals surface area contributed by atoms with E-state index >= 15 is 0 Å². The molecule has 1 saturated heterocycles.